The van der Waals surface area contributed by atoms with Crippen LogP contribution in [-0.4, -0.2) is 37.9 Å². The van der Waals surface area contributed by atoms with E-state index >= 15 is 0 Å². The first kappa shape index (κ1) is 20.7. The molecule has 1 aromatic heterocycles. The maximum Gasteiger partial charge on any atom is 0.319 e. The van der Waals surface area contributed by atoms with Gasteiger partial charge in [-0.25, -0.2) is 13.2 Å². The van der Waals surface area contributed by atoms with E-state index in [0.29, 0.717) is 28.3 Å². The summed E-state index contributed by atoms with van der Waals surface area (Å²) in [5, 5.41) is 5.98. The number of hydrogen-bond donors (Lipinski definition) is 2. The van der Waals surface area contributed by atoms with E-state index < -0.39 is 15.9 Å². The Morgan fingerprint density at radius 3 is 2.48 bits per heavy atom. The lowest BCUT2D eigenvalue weighted by Gasteiger charge is -2.09. The number of amides is 2. The van der Waals surface area contributed by atoms with Crippen LogP contribution in [-0.2, 0) is 16.9 Å². The Morgan fingerprint density at radius 2 is 1.79 bits per heavy atom. The molecule has 3 aromatic rings. The van der Waals surface area contributed by atoms with Crippen LogP contribution in [0.1, 0.15) is 12.6 Å². The van der Waals surface area contributed by atoms with E-state index in [1.807, 2.05) is 36.7 Å². The normalized spacial score (nSPS) is 11.4. The predicted octanol–water partition coefficient (Wildman–Crippen LogP) is 3.48. The van der Waals surface area contributed by atoms with Gasteiger partial charge < -0.3 is 19.9 Å². The van der Waals surface area contributed by atoms with Crippen molar-refractivity contribution in [1.82, 2.24) is 9.88 Å². The molecule has 3 rings (SSSR count). The lowest BCUT2D eigenvalue weighted by atomic mass is 10.2. The third kappa shape index (κ3) is 4.54. The molecule has 2 N–H and O–H groups in total. The smallest absolute Gasteiger partial charge is 0.319 e. The highest BCUT2D eigenvalue weighted by atomic mass is 32.2. The summed E-state index contributed by atoms with van der Waals surface area (Å²) in [6.07, 6.45) is 0. The molecule has 7 nitrogen and oxygen atoms in total. The molecule has 0 aliphatic carbocycles. The first-order chi connectivity index (χ1) is 13.8. The molecular weight excluding hydrogens is 390 g/mol. The van der Waals surface area contributed by atoms with E-state index in [0.717, 1.165) is 11.3 Å². The molecule has 0 radical (unpaired) electrons. The third-order valence-corrected chi connectivity index (χ3v) is 6.61. The minimum absolute atomic E-state index is 0.00779. The van der Waals surface area contributed by atoms with Crippen LogP contribution in [0.15, 0.2) is 53.4 Å². The summed E-state index contributed by atoms with van der Waals surface area (Å²) in [7, 11) is -1.71. The average molecular weight is 416 g/mol. The number of ether oxygens (including phenoxy) is 1. The lowest BCUT2D eigenvalue weighted by molar-refractivity contribution is 0.252. The van der Waals surface area contributed by atoms with Gasteiger partial charge in [-0.05, 0) is 44.2 Å². The van der Waals surface area contributed by atoms with Crippen molar-refractivity contribution in [2.45, 2.75) is 18.7 Å². The van der Waals surface area contributed by atoms with Gasteiger partial charge in [0, 0.05) is 35.9 Å². The van der Waals surface area contributed by atoms with Crippen molar-refractivity contribution in [3.8, 4) is 5.75 Å². The van der Waals surface area contributed by atoms with Crippen LogP contribution in [0.2, 0.25) is 0 Å². The van der Waals surface area contributed by atoms with Crippen LogP contribution in [0.5, 0.6) is 5.75 Å². The van der Waals surface area contributed by atoms with Crippen LogP contribution in [0.25, 0.3) is 10.9 Å². The zero-order valence-corrected chi connectivity index (χ0v) is 17.5. The van der Waals surface area contributed by atoms with Gasteiger partial charge in [-0.2, -0.15) is 0 Å². The molecule has 0 aliphatic rings. The summed E-state index contributed by atoms with van der Waals surface area (Å²) in [5.41, 5.74) is 2.15. The Kier molecular flexibility index (Phi) is 6.12. The fraction of sp³-hybridized carbons (Fsp3) is 0.286. The Balaban J connectivity index is 1.63. The number of benzene rings is 2. The van der Waals surface area contributed by atoms with Crippen LogP contribution >= 0.6 is 0 Å². The van der Waals surface area contributed by atoms with E-state index in [-0.39, 0.29) is 12.3 Å². The second kappa shape index (κ2) is 8.57. The van der Waals surface area contributed by atoms with Crippen molar-refractivity contribution in [2.75, 3.05) is 24.2 Å². The number of urea groups is 1. The van der Waals surface area contributed by atoms with Crippen molar-refractivity contribution in [3.05, 3.63) is 54.2 Å². The molecule has 0 bridgehead atoms. The second-order valence-electron chi connectivity index (χ2n) is 6.65. The number of nitrogens with zero attached hydrogens (tertiary/aromatic N) is 1. The molecule has 154 valence electrons. The maximum atomic E-state index is 12.9. The lowest BCUT2D eigenvalue weighted by Crippen LogP contribution is -2.32. The molecule has 0 saturated heterocycles. The summed E-state index contributed by atoms with van der Waals surface area (Å²) < 4.78 is 33.1. The van der Waals surface area contributed by atoms with Gasteiger partial charge in [0.15, 0.2) is 9.84 Å². The number of fused-ring (bicyclic) bond motifs is 1. The average Bonchev–Trinajstić information content (AvgIpc) is 2.95. The Hall–Kier alpha value is -3.00. The molecule has 0 unspecified atom stereocenters. The Labute approximate surface area is 170 Å². The van der Waals surface area contributed by atoms with Crippen LogP contribution < -0.4 is 15.4 Å². The zero-order valence-electron chi connectivity index (χ0n) is 16.7. The van der Waals surface area contributed by atoms with Crippen molar-refractivity contribution in [1.29, 1.82) is 0 Å². The largest absolute Gasteiger partial charge is 0.494 e. The van der Waals surface area contributed by atoms with Gasteiger partial charge in [0.05, 0.1) is 17.3 Å². The number of aromatic nitrogens is 1. The number of sulfone groups is 1. The number of hydrogen-bond acceptors (Lipinski definition) is 4. The van der Waals surface area contributed by atoms with Gasteiger partial charge in [-0.3, -0.25) is 0 Å². The maximum absolute atomic E-state index is 12.9. The quantitative estimate of drug-likeness (QED) is 0.618. The van der Waals surface area contributed by atoms with Crippen molar-refractivity contribution >= 4 is 32.5 Å². The first-order valence-corrected chi connectivity index (χ1v) is 11.0. The van der Waals surface area contributed by atoms with E-state index in [2.05, 4.69) is 10.6 Å². The van der Waals surface area contributed by atoms with E-state index in [1.54, 1.807) is 37.3 Å². The number of para-hydroxylation sites is 1. The monoisotopic (exact) mass is 415 g/mol. The summed E-state index contributed by atoms with van der Waals surface area (Å²) in [6, 6.07) is 13.9. The number of carbonyl (C=O) groups excluding carboxylic acids is 1. The van der Waals surface area contributed by atoms with E-state index in [9.17, 15) is 13.2 Å². The zero-order chi connectivity index (χ0) is 21.0. The second-order valence-corrected chi connectivity index (χ2v) is 8.69. The molecule has 0 aliphatic heterocycles. The van der Waals surface area contributed by atoms with Crippen LogP contribution in [0, 0.1) is 6.92 Å². The molecule has 0 atom stereocenters. The van der Waals surface area contributed by atoms with Gasteiger partial charge in [0.2, 0.25) is 0 Å². The van der Waals surface area contributed by atoms with Crippen molar-refractivity contribution < 1.29 is 17.9 Å². The molecule has 2 aromatic carbocycles. The summed E-state index contributed by atoms with van der Waals surface area (Å²) in [4.78, 5) is 12.4. The summed E-state index contributed by atoms with van der Waals surface area (Å²) in [6.45, 7) is 4.26. The summed E-state index contributed by atoms with van der Waals surface area (Å²) >= 11 is 0. The number of nitrogens with one attached hydrogen (secondary N) is 2. The van der Waals surface area contributed by atoms with Gasteiger partial charge in [0.25, 0.3) is 0 Å². The standard InChI is InChI=1S/C21H25N3O4S/c1-4-28-17-11-9-16(10-12-17)23-21(25)22-13-14-29(26,27)20-15(2)24(3)19-8-6-5-7-18(19)20/h5-12H,4,13-14H2,1-3H3,(H2,22,23,25). The minimum Gasteiger partial charge on any atom is -0.494 e. The topological polar surface area (TPSA) is 89.4 Å². The highest BCUT2D eigenvalue weighted by molar-refractivity contribution is 7.91. The third-order valence-electron chi connectivity index (χ3n) is 4.73. The molecule has 0 spiro atoms. The first-order valence-electron chi connectivity index (χ1n) is 9.38. The minimum atomic E-state index is -3.56. The molecule has 2 amide bonds. The molecular formula is C21H25N3O4S. The Morgan fingerprint density at radius 1 is 1.10 bits per heavy atom. The molecule has 1 heterocycles. The fourth-order valence-electron chi connectivity index (χ4n) is 3.26. The summed E-state index contributed by atoms with van der Waals surface area (Å²) in [5.74, 6) is 0.536. The predicted molar refractivity (Wildman–Crippen MR) is 114 cm³/mol. The van der Waals surface area contributed by atoms with E-state index in [1.165, 1.54) is 0 Å². The molecule has 29 heavy (non-hydrogen) atoms. The highest BCUT2D eigenvalue weighted by Crippen LogP contribution is 2.29. The molecule has 0 saturated carbocycles. The number of rotatable bonds is 7. The van der Waals surface area contributed by atoms with Gasteiger partial charge in [0.1, 0.15) is 5.75 Å². The van der Waals surface area contributed by atoms with Crippen molar-refractivity contribution in [2.24, 2.45) is 7.05 Å². The SMILES string of the molecule is CCOc1ccc(NC(=O)NCCS(=O)(=O)c2c(C)n(C)c3ccccc23)cc1. The van der Waals surface area contributed by atoms with Gasteiger partial charge in [-0.1, -0.05) is 18.2 Å². The highest BCUT2D eigenvalue weighted by Gasteiger charge is 2.24. The van der Waals surface area contributed by atoms with Gasteiger partial charge in [-0.15, -0.1) is 0 Å². The van der Waals surface area contributed by atoms with Gasteiger partial charge >= 0.3 is 6.03 Å². The Bertz CT molecular complexity index is 1120. The molecule has 0 fully saturated rings. The van der Waals surface area contributed by atoms with Crippen molar-refractivity contribution in [3.63, 3.8) is 0 Å². The van der Waals surface area contributed by atoms with Crippen LogP contribution in [0.4, 0.5) is 10.5 Å². The number of anilines is 1. The van der Waals surface area contributed by atoms with Crippen LogP contribution in [0.3, 0.4) is 0 Å². The van der Waals surface area contributed by atoms with E-state index in [4.69, 9.17) is 4.74 Å². The number of aryl methyl sites for hydroxylation is 1. The molecule has 8 heteroatoms. The fourth-order valence-corrected chi connectivity index (χ4v) is 4.93. The number of carbonyl (C=O) groups is 1.